The van der Waals surface area contributed by atoms with Gasteiger partial charge in [0, 0.05) is 20.1 Å². The number of hydrogen-bond donors (Lipinski definition) is 1. The van der Waals surface area contributed by atoms with E-state index in [1.165, 1.54) is 16.0 Å². The van der Waals surface area contributed by atoms with Gasteiger partial charge in [-0.15, -0.1) is 11.3 Å². The van der Waals surface area contributed by atoms with Gasteiger partial charge >= 0.3 is 5.97 Å². The number of nitrogens with zero attached hydrogens (tertiary/aromatic N) is 4. The maximum atomic E-state index is 12.9. The van der Waals surface area contributed by atoms with Gasteiger partial charge in [0.1, 0.15) is 9.88 Å². The van der Waals surface area contributed by atoms with Gasteiger partial charge in [-0.2, -0.15) is 5.10 Å². The van der Waals surface area contributed by atoms with Crippen molar-refractivity contribution in [2.24, 2.45) is 13.0 Å². The van der Waals surface area contributed by atoms with Crippen LogP contribution in [0.4, 0.5) is 0 Å². The van der Waals surface area contributed by atoms with Gasteiger partial charge in [0.15, 0.2) is 0 Å². The molecule has 0 aliphatic carbocycles. The minimum absolute atomic E-state index is 0.204. The van der Waals surface area contributed by atoms with E-state index < -0.39 is 11.9 Å². The Hall–Kier alpha value is -2.55. The van der Waals surface area contributed by atoms with Crippen LogP contribution in [0.15, 0.2) is 4.79 Å². The summed E-state index contributed by atoms with van der Waals surface area (Å²) in [6.45, 7) is 6.12. The van der Waals surface area contributed by atoms with E-state index in [2.05, 4.69) is 10.1 Å². The van der Waals surface area contributed by atoms with E-state index in [0.29, 0.717) is 40.5 Å². The summed E-state index contributed by atoms with van der Waals surface area (Å²) in [4.78, 5) is 43.3. The number of carboxylic acid groups (broad SMARTS) is 1. The smallest absolute Gasteiger partial charge is 0.308 e. The van der Waals surface area contributed by atoms with E-state index in [1.54, 1.807) is 18.9 Å². The molecule has 1 N–H and O–H groups in total. The van der Waals surface area contributed by atoms with Crippen LogP contribution >= 0.6 is 11.3 Å². The Morgan fingerprint density at radius 1 is 1.22 bits per heavy atom. The lowest BCUT2D eigenvalue weighted by Gasteiger charge is -2.30. The van der Waals surface area contributed by atoms with E-state index >= 15 is 0 Å². The number of carbonyl (C=O) groups is 2. The maximum Gasteiger partial charge on any atom is 0.308 e. The van der Waals surface area contributed by atoms with Crippen molar-refractivity contribution in [2.75, 3.05) is 13.1 Å². The van der Waals surface area contributed by atoms with Crippen molar-refractivity contribution in [3.63, 3.8) is 0 Å². The van der Waals surface area contributed by atoms with Gasteiger partial charge < -0.3 is 10.0 Å². The molecule has 3 rings (SSSR count). The van der Waals surface area contributed by atoms with Gasteiger partial charge in [0.05, 0.1) is 22.9 Å². The fraction of sp³-hybridized carbons (Fsp3) is 0.500. The minimum Gasteiger partial charge on any atom is -0.481 e. The Bertz CT molecular complexity index is 978. The number of rotatable bonds is 3. The number of carbonyl (C=O) groups excluding carboxylic acids is 1. The third kappa shape index (κ3) is 3.51. The second-order valence-electron chi connectivity index (χ2n) is 6.88. The molecular weight excluding hydrogens is 368 g/mol. The topological polar surface area (TPSA) is 105 Å². The van der Waals surface area contributed by atoms with Crippen molar-refractivity contribution in [3.05, 3.63) is 32.2 Å². The number of aryl methyl sites for hydroxylation is 3. The van der Waals surface area contributed by atoms with Crippen molar-refractivity contribution >= 4 is 23.2 Å². The van der Waals surface area contributed by atoms with E-state index in [1.807, 2.05) is 13.8 Å². The van der Waals surface area contributed by atoms with Crippen LogP contribution in [0.1, 0.15) is 39.5 Å². The predicted octanol–water partition coefficient (Wildman–Crippen LogP) is 1.77. The van der Waals surface area contributed by atoms with Gasteiger partial charge in [-0.25, -0.2) is 9.67 Å². The number of likely N-dealkylation sites (tertiary alicyclic amines) is 1. The van der Waals surface area contributed by atoms with Gasteiger partial charge in [0.2, 0.25) is 0 Å². The molecule has 0 aromatic carbocycles. The summed E-state index contributed by atoms with van der Waals surface area (Å²) in [5.74, 6) is -1.63. The lowest BCUT2D eigenvalue weighted by Crippen LogP contribution is -2.42. The molecule has 1 atom stereocenters. The lowest BCUT2D eigenvalue weighted by atomic mass is 9.98. The van der Waals surface area contributed by atoms with Crippen LogP contribution in [0, 0.1) is 26.7 Å². The summed E-state index contributed by atoms with van der Waals surface area (Å²) in [5, 5.41) is 13.9. The highest BCUT2D eigenvalue weighted by Gasteiger charge is 2.31. The molecule has 3 heterocycles. The molecule has 1 aliphatic rings. The third-order valence-electron chi connectivity index (χ3n) is 4.99. The Morgan fingerprint density at radius 2 is 1.93 bits per heavy atom. The van der Waals surface area contributed by atoms with Crippen LogP contribution in [0.25, 0.3) is 10.6 Å². The number of carboxylic acids is 1. The highest BCUT2D eigenvalue weighted by Crippen LogP contribution is 2.30. The largest absolute Gasteiger partial charge is 0.481 e. The summed E-state index contributed by atoms with van der Waals surface area (Å²) in [7, 11) is 1.59. The molecule has 1 aliphatic heterocycles. The normalized spacial score (nSPS) is 17.2. The van der Waals surface area contributed by atoms with Crippen molar-refractivity contribution in [2.45, 2.75) is 33.6 Å². The van der Waals surface area contributed by atoms with Gasteiger partial charge in [-0.1, -0.05) is 0 Å². The number of aliphatic carboxylic acids is 1. The monoisotopic (exact) mass is 390 g/mol. The summed E-state index contributed by atoms with van der Waals surface area (Å²) in [5.41, 5.74) is 2.23. The summed E-state index contributed by atoms with van der Waals surface area (Å²) < 4.78 is 1.28. The molecule has 1 amide bonds. The van der Waals surface area contributed by atoms with Crippen LogP contribution in [0.5, 0.6) is 0 Å². The molecule has 1 saturated heterocycles. The van der Waals surface area contributed by atoms with Crippen molar-refractivity contribution < 1.29 is 14.7 Å². The van der Waals surface area contributed by atoms with Crippen molar-refractivity contribution in [1.29, 1.82) is 0 Å². The van der Waals surface area contributed by atoms with E-state index in [0.717, 1.165) is 11.3 Å². The Balaban J connectivity index is 1.97. The van der Waals surface area contributed by atoms with Crippen LogP contribution in [0.3, 0.4) is 0 Å². The molecule has 8 nitrogen and oxygen atoms in total. The highest BCUT2D eigenvalue weighted by atomic mass is 32.1. The highest BCUT2D eigenvalue weighted by molar-refractivity contribution is 7.17. The molecular formula is C18H22N4O4S. The molecule has 0 unspecified atom stereocenters. The lowest BCUT2D eigenvalue weighted by molar-refractivity contribution is -0.143. The Labute approximate surface area is 160 Å². The molecule has 9 heteroatoms. The van der Waals surface area contributed by atoms with E-state index in [-0.39, 0.29) is 18.0 Å². The molecule has 0 saturated carbocycles. The fourth-order valence-electron chi connectivity index (χ4n) is 3.31. The van der Waals surface area contributed by atoms with Gasteiger partial charge in [-0.3, -0.25) is 14.4 Å². The quantitative estimate of drug-likeness (QED) is 0.856. The number of thiazole rings is 1. The molecule has 0 bridgehead atoms. The third-order valence-corrected chi connectivity index (χ3v) is 6.15. The van der Waals surface area contributed by atoms with E-state index in [9.17, 15) is 19.5 Å². The first-order valence-electron chi connectivity index (χ1n) is 8.75. The van der Waals surface area contributed by atoms with Crippen LogP contribution in [-0.4, -0.2) is 49.7 Å². The zero-order valence-electron chi connectivity index (χ0n) is 15.8. The fourth-order valence-corrected chi connectivity index (χ4v) is 4.44. The van der Waals surface area contributed by atoms with Gasteiger partial charge in [-0.05, 0) is 39.2 Å². The number of amides is 1. The SMILES string of the molecule is Cc1nc(-c2c(C)c(C)nn(C)c2=O)sc1C(=O)N1CCC[C@H](C(=O)O)C1. The molecule has 1 fully saturated rings. The maximum absolute atomic E-state index is 12.9. The molecule has 27 heavy (non-hydrogen) atoms. The van der Waals surface area contributed by atoms with Crippen molar-refractivity contribution in [1.82, 2.24) is 19.7 Å². The number of piperidine rings is 1. The Morgan fingerprint density at radius 3 is 2.59 bits per heavy atom. The summed E-state index contributed by atoms with van der Waals surface area (Å²) >= 11 is 1.18. The Kier molecular flexibility index (Phi) is 5.14. The van der Waals surface area contributed by atoms with E-state index in [4.69, 9.17) is 0 Å². The molecule has 2 aromatic rings. The zero-order chi connectivity index (χ0) is 19.9. The van der Waals surface area contributed by atoms with Gasteiger partial charge in [0.25, 0.3) is 11.5 Å². The van der Waals surface area contributed by atoms with Crippen LogP contribution < -0.4 is 5.56 Å². The predicted molar refractivity (Wildman–Crippen MR) is 101 cm³/mol. The first kappa shape index (κ1) is 19.2. The number of hydrogen-bond acceptors (Lipinski definition) is 6. The number of aromatic nitrogens is 3. The van der Waals surface area contributed by atoms with Crippen LogP contribution in [-0.2, 0) is 11.8 Å². The molecule has 2 aromatic heterocycles. The first-order chi connectivity index (χ1) is 12.7. The molecule has 144 valence electrons. The summed E-state index contributed by atoms with van der Waals surface area (Å²) in [6, 6.07) is 0. The standard InChI is InChI=1S/C18H22N4O4S/c1-9-10(2)20-21(4)16(23)13(9)15-19-11(3)14(27-15)17(24)22-7-5-6-12(8-22)18(25)26/h12H,5-8H2,1-4H3,(H,25,26)/t12-/m0/s1. The summed E-state index contributed by atoms with van der Waals surface area (Å²) in [6.07, 6.45) is 1.24. The molecule has 0 spiro atoms. The average molecular weight is 390 g/mol. The minimum atomic E-state index is -0.874. The van der Waals surface area contributed by atoms with Crippen molar-refractivity contribution in [3.8, 4) is 10.6 Å². The average Bonchev–Trinajstić information content (AvgIpc) is 3.01. The second kappa shape index (κ2) is 7.22. The first-order valence-corrected chi connectivity index (χ1v) is 9.56. The molecule has 0 radical (unpaired) electrons. The van der Waals surface area contributed by atoms with Crippen LogP contribution in [0.2, 0.25) is 0 Å². The second-order valence-corrected chi connectivity index (χ2v) is 7.88. The zero-order valence-corrected chi connectivity index (χ0v) is 16.6.